The Morgan fingerprint density at radius 3 is 2.45 bits per heavy atom. The molecular weight excluding hydrogens is 302 g/mol. The van der Waals surface area contributed by atoms with Crippen LogP contribution in [0.3, 0.4) is 0 Å². The number of anilines is 1. The number of halogens is 1. The third-order valence-corrected chi connectivity index (χ3v) is 3.61. The molecule has 0 bridgehead atoms. The van der Waals surface area contributed by atoms with Crippen LogP contribution in [0.25, 0.3) is 0 Å². The van der Waals surface area contributed by atoms with E-state index in [4.69, 9.17) is 21.4 Å². The molecule has 5 heteroatoms. The maximum absolute atomic E-state index is 12.3. The van der Waals surface area contributed by atoms with E-state index < -0.39 is 0 Å². The van der Waals surface area contributed by atoms with Gasteiger partial charge in [0.2, 0.25) is 0 Å². The molecule has 0 aliphatic heterocycles. The van der Waals surface area contributed by atoms with E-state index in [1.165, 1.54) is 0 Å². The van der Waals surface area contributed by atoms with Crippen molar-refractivity contribution in [2.24, 2.45) is 0 Å². The van der Waals surface area contributed by atoms with Gasteiger partial charge in [0.1, 0.15) is 12.4 Å². The number of nitrogens with one attached hydrogen (secondary N) is 1. The summed E-state index contributed by atoms with van der Waals surface area (Å²) >= 11 is 6.14. The molecule has 2 aromatic rings. The van der Waals surface area contributed by atoms with E-state index in [-0.39, 0.29) is 19.1 Å². The van der Waals surface area contributed by atoms with E-state index in [9.17, 15) is 4.79 Å². The van der Waals surface area contributed by atoms with Crippen molar-refractivity contribution in [2.75, 3.05) is 18.5 Å². The SMILES string of the molecule is Cc1cc(Cl)c(C(=O)Nc2ccc(OCCO)cc2)cc1C. The minimum atomic E-state index is -0.253. The maximum Gasteiger partial charge on any atom is 0.257 e. The number of hydrogen-bond donors (Lipinski definition) is 2. The first kappa shape index (κ1) is 16.3. The van der Waals surface area contributed by atoms with Crippen molar-refractivity contribution in [3.8, 4) is 5.75 Å². The molecule has 0 heterocycles. The van der Waals surface area contributed by atoms with Crippen LogP contribution in [0, 0.1) is 13.8 Å². The molecule has 4 nitrogen and oxygen atoms in total. The van der Waals surface area contributed by atoms with Crippen LogP contribution in [0.2, 0.25) is 5.02 Å². The van der Waals surface area contributed by atoms with Gasteiger partial charge < -0.3 is 15.2 Å². The summed E-state index contributed by atoms with van der Waals surface area (Å²) < 4.78 is 5.26. The minimum Gasteiger partial charge on any atom is -0.491 e. The van der Waals surface area contributed by atoms with Gasteiger partial charge in [-0.2, -0.15) is 0 Å². The molecule has 0 fully saturated rings. The zero-order valence-corrected chi connectivity index (χ0v) is 13.3. The maximum atomic E-state index is 12.3. The second-order valence-electron chi connectivity index (χ2n) is 4.97. The highest BCUT2D eigenvalue weighted by Crippen LogP contribution is 2.23. The van der Waals surface area contributed by atoms with Gasteiger partial charge in [-0.1, -0.05) is 11.6 Å². The molecule has 22 heavy (non-hydrogen) atoms. The topological polar surface area (TPSA) is 58.6 Å². The number of aliphatic hydroxyl groups excluding tert-OH is 1. The Morgan fingerprint density at radius 1 is 1.18 bits per heavy atom. The molecule has 0 saturated heterocycles. The number of carbonyl (C=O) groups excluding carboxylic acids is 1. The number of ether oxygens (including phenoxy) is 1. The summed E-state index contributed by atoms with van der Waals surface area (Å²) in [6.07, 6.45) is 0. The van der Waals surface area contributed by atoms with Crippen LogP contribution < -0.4 is 10.1 Å². The van der Waals surface area contributed by atoms with Crippen LogP contribution in [-0.4, -0.2) is 24.2 Å². The Hall–Kier alpha value is -2.04. The largest absolute Gasteiger partial charge is 0.491 e. The monoisotopic (exact) mass is 319 g/mol. The first-order chi connectivity index (χ1) is 10.5. The first-order valence-corrected chi connectivity index (χ1v) is 7.31. The Kier molecular flexibility index (Phi) is 5.41. The molecule has 2 rings (SSSR count). The molecule has 1 amide bonds. The average Bonchev–Trinajstić information content (AvgIpc) is 2.50. The van der Waals surface area contributed by atoms with Crippen LogP contribution >= 0.6 is 11.6 Å². The third kappa shape index (κ3) is 4.00. The van der Waals surface area contributed by atoms with Gasteiger partial charge in [-0.15, -0.1) is 0 Å². The molecule has 0 spiro atoms. The normalized spacial score (nSPS) is 10.4. The second kappa shape index (κ2) is 7.29. The van der Waals surface area contributed by atoms with Crippen LogP contribution in [0.5, 0.6) is 5.75 Å². The van der Waals surface area contributed by atoms with E-state index >= 15 is 0 Å². The minimum absolute atomic E-state index is 0.0379. The number of amides is 1. The number of aliphatic hydroxyl groups is 1. The Labute approximate surface area is 134 Å². The molecule has 0 unspecified atom stereocenters. The fourth-order valence-corrected chi connectivity index (χ4v) is 2.26. The number of benzene rings is 2. The number of aryl methyl sites for hydroxylation is 2. The van der Waals surface area contributed by atoms with Gasteiger partial charge >= 0.3 is 0 Å². The highest BCUT2D eigenvalue weighted by Gasteiger charge is 2.12. The van der Waals surface area contributed by atoms with Crippen molar-refractivity contribution in [3.63, 3.8) is 0 Å². The standard InChI is InChI=1S/C17H18ClNO3/c1-11-9-15(16(18)10-12(11)2)17(21)19-13-3-5-14(6-4-13)22-8-7-20/h3-6,9-10,20H,7-8H2,1-2H3,(H,19,21). The molecule has 2 N–H and O–H groups in total. The summed E-state index contributed by atoms with van der Waals surface area (Å²) in [5.74, 6) is 0.383. The third-order valence-electron chi connectivity index (χ3n) is 3.30. The Morgan fingerprint density at radius 2 is 1.82 bits per heavy atom. The zero-order chi connectivity index (χ0) is 16.1. The van der Waals surface area contributed by atoms with E-state index in [1.54, 1.807) is 36.4 Å². The van der Waals surface area contributed by atoms with Gasteiger partial charge in [-0.25, -0.2) is 0 Å². The van der Waals surface area contributed by atoms with Crippen molar-refractivity contribution < 1.29 is 14.6 Å². The van der Waals surface area contributed by atoms with E-state index in [2.05, 4.69) is 5.32 Å². The van der Waals surface area contributed by atoms with Gasteiger partial charge in [0.15, 0.2) is 0 Å². The summed E-state index contributed by atoms with van der Waals surface area (Å²) in [6, 6.07) is 10.5. The lowest BCUT2D eigenvalue weighted by Gasteiger charge is -2.10. The van der Waals surface area contributed by atoms with Crippen molar-refractivity contribution in [2.45, 2.75) is 13.8 Å². The fraction of sp³-hybridized carbons (Fsp3) is 0.235. The average molecular weight is 320 g/mol. The quantitative estimate of drug-likeness (QED) is 0.885. The molecule has 2 aromatic carbocycles. The molecule has 0 aliphatic rings. The smallest absolute Gasteiger partial charge is 0.257 e. The van der Waals surface area contributed by atoms with Gasteiger partial charge in [-0.05, 0) is 61.4 Å². The van der Waals surface area contributed by atoms with E-state index in [0.29, 0.717) is 22.0 Å². The van der Waals surface area contributed by atoms with Crippen LogP contribution in [0.15, 0.2) is 36.4 Å². The lowest BCUT2D eigenvalue weighted by Crippen LogP contribution is -2.13. The fourth-order valence-electron chi connectivity index (χ4n) is 1.95. The van der Waals surface area contributed by atoms with Crippen LogP contribution in [0.1, 0.15) is 21.5 Å². The molecule has 0 atom stereocenters. The zero-order valence-electron chi connectivity index (χ0n) is 12.5. The predicted octanol–water partition coefficient (Wildman–Crippen LogP) is 3.58. The highest BCUT2D eigenvalue weighted by molar-refractivity contribution is 6.34. The van der Waals surface area contributed by atoms with Gasteiger partial charge in [0.25, 0.3) is 5.91 Å². The van der Waals surface area contributed by atoms with E-state index in [1.807, 2.05) is 13.8 Å². The van der Waals surface area contributed by atoms with E-state index in [0.717, 1.165) is 11.1 Å². The molecule has 0 radical (unpaired) electrons. The lowest BCUT2D eigenvalue weighted by molar-refractivity contribution is 0.102. The molecule has 0 saturated carbocycles. The first-order valence-electron chi connectivity index (χ1n) is 6.93. The summed E-state index contributed by atoms with van der Waals surface area (Å²) in [7, 11) is 0. The van der Waals surface area contributed by atoms with Gasteiger partial charge in [0.05, 0.1) is 17.2 Å². The van der Waals surface area contributed by atoms with Crippen molar-refractivity contribution in [1.82, 2.24) is 0 Å². The summed E-state index contributed by atoms with van der Waals surface area (Å²) in [6.45, 7) is 4.09. The summed E-state index contributed by atoms with van der Waals surface area (Å²) in [5.41, 5.74) is 3.16. The van der Waals surface area contributed by atoms with Crippen molar-refractivity contribution in [3.05, 3.63) is 58.1 Å². The Bertz CT molecular complexity index is 668. The molecular formula is C17H18ClNO3. The van der Waals surface area contributed by atoms with Gasteiger partial charge in [0, 0.05) is 5.69 Å². The van der Waals surface area contributed by atoms with Crippen LogP contribution in [0.4, 0.5) is 5.69 Å². The molecule has 0 aliphatic carbocycles. The summed E-state index contributed by atoms with van der Waals surface area (Å²) in [5, 5.41) is 11.9. The van der Waals surface area contributed by atoms with Crippen molar-refractivity contribution >= 4 is 23.2 Å². The number of hydrogen-bond acceptors (Lipinski definition) is 3. The van der Waals surface area contributed by atoms with Gasteiger partial charge in [-0.3, -0.25) is 4.79 Å². The summed E-state index contributed by atoms with van der Waals surface area (Å²) in [4.78, 5) is 12.3. The van der Waals surface area contributed by atoms with Crippen molar-refractivity contribution in [1.29, 1.82) is 0 Å². The lowest BCUT2D eigenvalue weighted by atomic mass is 10.1. The van der Waals surface area contributed by atoms with Crippen LogP contribution in [-0.2, 0) is 0 Å². The number of rotatable bonds is 5. The highest BCUT2D eigenvalue weighted by atomic mass is 35.5. The second-order valence-corrected chi connectivity index (χ2v) is 5.37. The predicted molar refractivity (Wildman–Crippen MR) is 87.9 cm³/mol. The Balaban J connectivity index is 2.10. The molecule has 0 aromatic heterocycles. The number of carbonyl (C=O) groups is 1. The molecule has 116 valence electrons.